The van der Waals surface area contributed by atoms with Crippen LogP contribution in [0.25, 0.3) is 0 Å². The van der Waals surface area contributed by atoms with E-state index in [1.165, 1.54) is 0 Å². The molecule has 0 radical (unpaired) electrons. The maximum Gasteiger partial charge on any atom is 0.230 e. The van der Waals surface area contributed by atoms with Crippen LogP contribution in [0.3, 0.4) is 0 Å². The Labute approximate surface area is 216 Å². The fourth-order valence-electron chi connectivity index (χ4n) is 5.58. The molecule has 5 rings (SSSR count). The molecule has 0 spiro atoms. The lowest BCUT2D eigenvalue weighted by atomic mass is 9.76. The van der Waals surface area contributed by atoms with Gasteiger partial charge in [-0.2, -0.15) is 0 Å². The van der Waals surface area contributed by atoms with Gasteiger partial charge in [0.1, 0.15) is 17.6 Å². The van der Waals surface area contributed by atoms with Crippen molar-refractivity contribution < 1.29 is 33.6 Å². The number of hydrogen-bond donors (Lipinski definition) is 3. The van der Waals surface area contributed by atoms with E-state index < -0.39 is 18.1 Å². The van der Waals surface area contributed by atoms with E-state index in [1.54, 1.807) is 7.11 Å². The smallest absolute Gasteiger partial charge is 0.230 e. The summed E-state index contributed by atoms with van der Waals surface area (Å²) in [4.78, 5) is 26.0. The lowest BCUT2D eigenvalue weighted by Gasteiger charge is -2.40. The molecule has 0 unspecified atom stereocenters. The average Bonchev–Trinajstić information content (AvgIpc) is 3.03. The number of carbonyl (C=O) groups excluding carboxylic acids is 2. The third kappa shape index (κ3) is 5.74. The quantitative estimate of drug-likeness (QED) is 0.500. The van der Waals surface area contributed by atoms with E-state index in [1.807, 2.05) is 42.5 Å². The highest BCUT2D eigenvalue weighted by Crippen LogP contribution is 2.46. The summed E-state index contributed by atoms with van der Waals surface area (Å²) < 4.78 is 23.3. The van der Waals surface area contributed by atoms with E-state index in [9.17, 15) is 14.7 Å². The minimum Gasteiger partial charge on any atom is -0.496 e. The van der Waals surface area contributed by atoms with Crippen LogP contribution >= 0.6 is 0 Å². The van der Waals surface area contributed by atoms with E-state index >= 15 is 0 Å². The first kappa shape index (κ1) is 25.5. The number of hydrogen-bond acceptors (Lipinski definition) is 7. The van der Waals surface area contributed by atoms with E-state index in [0.29, 0.717) is 37.6 Å². The maximum absolute atomic E-state index is 13.2. The number of ether oxygens (including phenoxy) is 4. The molecule has 2 bridgehead atoms. The van der Waals surface area contributed by atoms with Crippen molar-refractivity contribution >= 4 is 17.5 Å². The lowest BCUT2D eigenvalue weighted by Crippen LogP contribution is -2.48. The van der Waals surface area contributed by atoms with E-state index in [0.717, 1.165) is 29.7 Å². The number of amides is 2. The molecule has 2 aromatic carbocycles. The van der Waals surface area contributed by atoms with Gasteiger partial charge in [0.2, 0.25) is 11.8 Å². The Hall–Kier alpha value is -3.14. The minimum atomic E-state index is -0.726. The standard InChI is InChI=1S/C28H34N2O7/c1-34-23-5-3-2-4-17(23)15-29-26(32)14-20-13-22-21-12-18(30-28(33)27(22)25(16-31)37-20)6-7-24(21)36-19-8-10-35-11-9-19/h2-7,12,19-20,22,25,27,31H,8-11,13-16H2,1H3,(H,29,32)(H,30,33)/t20-,22+,25+,27-/m1/s1. The van der Waals surface area contributed by atoms with Crippen LogP contribution in [0.1, 0.15) is 42.7 Å². The van der Waals surface area contributed by atoms with Crippen molar-refractivity contribution in [1.29, 1.82) is 0 Å². The third-order valence-electron chi connectivity index (χ3n) is 7.42. The van der Waals surface area contributed by atoms with E-state index in [4.69, 9.17) is 18.9 Å². The van der Waals surface area contributed by atoms with Crippen LogP contribution in [0.5, 0.6) is 11.5 Å². The van der Waals surface area contributed by atoms with Crippen molar-refractivity contribution in [3.63, 3.8) is 0 Å². The molecule has 0 saturated carbocycles. The number of carbonyl (C=O) groups is 2. The SMILES string of the molecule is COc1ccccc1CNC(=O)C[C@H]1C[C@H]2c3cc(ccc3OC3CCOCC3)NC(=O)[C@H]2[C@H](CO)O1. The zero-order valence-electron chi connectivity index (χ0n) is 21.0. The highest BCUT2D eigenvalue weighted by molar-refractivity contribution is 5.95. The number of fused-ring (bicyclic) bond motifs is 4. The van der Waals surface area contributed by atoms with Crippen molar-refractivity contribution in [2.45, 2.75) is 56.5 Å². The van der Waals surface area contributed by atoms with Crippen LogP contribution in [0.15, 0.2) is 42.5 Å². The molecule has 198 valence electrons. The van der Waals surface area contributed by atoms with Crippen molar-refractivity contribution in [2.75, 3.05) is 32.2 Å². The highest BCUT2D eigenvalue weighted by atomic mass is 16.5. The zero-order chi connectivity index (χ0) is 25.8. The lowest BCUT2D eigenvalue weighted by molar-refractivity contribution is -0.148. The molecule has 3 N–H and O–H groups in total. The Kier molecular flexibility index (Phi) is 7.93. The molecular formula is C28H34N2O7. The Morgan fingerprint density at radius 2 is 1.97 bits per heavy atom. The molecule has 9 nitrogen and oxygen atoms in total. The number of rotatable bonds is 8. The van der Waals surface area contributed by atoms with Gasteiger partial charge in [-0.05, 0) is 30.7 Å². The summed E-state index contributed by atoms with van der Waals surface area (Å²) in [7, 11) is 1.60. The van der Waals surface area contributed by atoms with Crippen molar-refractivity contribution in [2.24, 2.45) is 5.92 Å². The molecule has 9 heteroatoms. The first-order valence-corrected chi connectivity index (χ1v) is 12.9. The number of para-hydroxylation sites is 1. The number of methoxy groups -OCH3 is 1. The second-order valence-corrected chi connectivity index (χ2v) is 9.81. The molecule has 37 heavy (non-hydrogen) atoms. The molecule has 3 heterocycles. The first-order chi connectivity index (χ1) is 18.1. The molecule has 3 aliphatic heterocycles. The Morgan fingerprint density at radius 1 is 1.16 bits per heavy atom. The van der Waals surface area contributed by atoms with Crippen molar-refractivity contribution in [3.8, 4) is 11.5 Å². The van der Waals surface area contributed by atoms with Crippen molar-refractivity contribution in [1.82, 2.24) is 5.32 Å². The molecule has 2 amide bonds. The number of anilines is 1. The Bertz CT molecular complexity index is 1120. The predicted molar refractivity (Wildman–Crippen MR) is 136 cm³/mol. The Morgan fingerprint density at radius 3 is 2.76 bits per heavy atom. The number of aliphatic hydroxyl groups excluding tert-OH is 1. The normalized spacial score (nSPS) is 25.4. The second kappa shape index (κ2) is 11.5. The van der Waals surface area contributed by atoms with Gasteiger partial charge in [-0.15, -0.1) is 0 Å². The van der Waals surface area contributed by atoms with Gasteiger partial charge in [0.05, 0.1) is 51.5 Å². The van der Waals surface area contributed by atoms with Gasteiger partial charge < -0.3 is 34.7 Å². The molecule has 0 aromatic heterocycles. The number of aliphatic hydroxyl groups is 1. The minimum absolute atomic E-state index is 0.0474. The third-order valence-corrected chi connectivity index (χ3v) is 7.42. The van der Waals surface area contributed by atoms with Gasteiger partial charge in [0.25, 0.3) is 0 Å². The highest BCUT2D eigenvalue weighted by Gasteiger charge is 2.46. The summed E-state index contributed by atoms with van der Waals surface area (Å²) in [5.41, 5.74) is 2.48. The van der Waals surface area contributed by atoms with Crippen LogP contribution < -0.4 is 20.1 Å². The molecule has 4 atom stereocenters. The largest absolute Gasteiger partial charge is 0.496 e. The molecule has 2 fully saturated rings. The molecule has 2 saturated heterocycles. The van der Waals surface area contributed by atoms with Gasteiger partial charge in [0.15, 0.2) is 0 Å². The van der Waals surface area contributed by atoms with Gasteiger partial charge in [-0.3, -0.25) is 9.59 Å². The number of benzene rings is 2. The monoisotopic (exact) mass is 510 g/mol. The summed E-state index contributed by atoms with van der Waals surface area (Å²) in [5, 5.41) is 16.0. The molecule has 0 aliphatic carbocycles. The van der Waals surface area contributed by atoms with Crippen LogP contribution in [0, 0.1) is 5.92 Å². The average molecular weight is 511 g/mol. The summed E-state index contributed by atoms with van der Waals surface area (Å²) in [6.45, 7) is 1.34. The fourth-order valence-corrected chi connectivity index (χ4v) is 5.58. The van der Waals surface area contributed by atoms with Gasteiger partial charge in [-0.1, -0.05) is 18.2 Å². The predicted octanol–water partition coefficient (Wildman–Crippen LogP) is 2.76. The van der Waals surface area contributed by atoms with Gasteiger partial charge in [0, 0.05) is 42.1 Å². The first-order valence-electron chi connectivity index (χ1n) is 12.9. The zero-order valence-corrected chi connectivity index (χ0v) is 21.0. The van der Waals surface area contributed by atoms with Crippen LogP contribution in [0.4, 0.5) is 5.69 Å². The molecule has 2 aromatic rings. The van der Waals surface area contributed by atoms with E-state index in [-0.39, 0.29) is 36.9 Å². The number of nitrogens with one attached hydrogen (secondary N) is 2. The van der Waals surface area contributed by atoms with Crippen molar-refractivity contribution in [3.05, 3.63) is 53.6 Å². The summed E-state index contributed by atoms with van der Waals surface area (Å²) in [6, 6.07) is 13.2. The van der Waals surface area contributed by atoms with Gasteiger partial charge in [-0.25, -0.2) is 0 Å². The van der Waals surface area contributed by atoms with E-state index in [2.05, 4.69) is 10.6 Å². The molecular weight excluding hydrogens is 476 g/mol. The summed E-state index contributed by atoms with van der Waals surface area (Å²) in [5.74, 6) is 0.240. The summed E-state index contributed by atoms with van der Waals surface area (Å²) >= 11 is 0. The fraction of sp³-hybridized carbons (Fsp3) is 0.500. The maximum atomic E-state index is 13.2. The van der Waals surface area contributed by atoms with Crippen LogP contribution in [-0.4, -0.2) is 62.2 Å². The second-order valence-electron chi connectivity index (χ2n) is 9.81. The summed E-state index contributed by atoms with van der Waals surface area (Å²) in [6.07, 6.45) is 1.06. The van der Waals surface area contributed by atoms with Crippen LogP contribution in [-0.2, 0) is 25.6 Å². The molecule has 3 aliphatic rings. The topological polar surface area (TPSA) is 115 Å². The van der Waals surface area contributed by atoms with Gasteiger partial charge >= 0.3 is 0 Å². The Balaban J connectivity index is 1.32. The van der Waals surface area contributed by atoms with Crippen LogP contribution in [0.2, 0.25) is 0 Å².